The van der Waals surface area contributed by atoms with E-state index < -0.39 is 10.0 Å². The van der Waals surface area contributed by atoms with E-state index in [1.165, 1.54) is 22.7 Å². The minimum absolute atomic E-state index is 0.0789. The summed E-state index contributed by atoms with van der Waals surface area (Å²) in [6.07, 6.45) is 1.47. The summed E-state index contributed by atoms with van der Waals surface area (Å²) in [5.74, 6) is 0.122. The molecule has 8 nitrogen and oxygen atoms in total. The second-order valence-corrected chi connectivity index (χ2v) is 9.02. The molecule has 1 aliphatic heterocycles. The Bertz CT molecular complexity index is 959. The lowest BCUT2D eigenvalue weighted by molar-refractivity contribution is 0.0620. The molecule has 0 bridgehead atoms. The molecule has 0 aliphatic carbocycles. The van der Waals surface area contributed by atoms with Gasteiger partial charge in [-0.05, 0) is 36.4 Å². The SMILES string of the molecule is CCN(CC)S(=O)(=O)c1ccc(C(=O)N2CCN(CC(=O)c3ccco3)CC2)cc1. The Morgan fingerprint density at radius 2 is 1.63 bits per heavy atom. The fourth-order valence-electron chi connectivity index (χ4n) is 3.49. The number of rotatable bonds is 8. The van der Waals surface area contributed by atoms with Gasteiger partial charge < -0.3 is 9.32 Å². The second kappa shape index (κ2) is 9.55. The molecule has 0 saturated carbocycles. The first-order valence-corrected chi connectivity index (χ1v) is 11.5. The molecule has 3 rings (SSSR count). The summed E-state index contributed by atoms with van der Waals surface area (Å²) in [7, 11) is -3.54. The topological polar surface area (TPSA) is 91.1 Å². The van der Waals surface area contributed by atoms with Crippen LogP contribution in [0.5, 0.6) is 0 Å². The van der Waals surface area contributed by atoms with Gasteiger partial charge in [-0.2, -0.15) is 4.31 Å². The molecule has 1 aromatic carbocycles. The number of sulfonamides is 1. The molecule has 0 N–H and O–H groups in total. The van der Waals surface area contributed by atoms with Crippen LogP contribution >= 0.6 is 0 Å². The van der Waals surface area contributed by atoms with E-state index in [1.54, 1.807) is 43.0 Å². The van der Waals surface area contributed by atoms with Crippen LogP contribution in [-0.2, 0) is 10.0 Å². The van der Waals surface area contributed by atoms with Gasteiger partial charge in [-0.25, -0.2) is 8.42 Å². The molecule has 0 unspecified atom stereocenters. The molecule has 1 saturated heterocycles. The van der Waals surface area contributed by atoms with Crippen LogP contribution in [0.1, 0.15) is 34.8 Å². The van der Waals surface area contributed by atoms with Crippen molar-refractivity contribution in [2.45, 2.75) is 18.7 Å². The number of piperazine rings is 1. The number of Topliss-reactive ketones (excluding diaryl/α,β-unsaturated/α-hetero) is 1. The van der Waals surface area contributed by atoms with Gasteiger partial charge in [0.2, 0.25) is 15.8 Å². The van der Waals surface area contributed by atoms with Crippen LogP contribution in [0, 0.1) is 0 Å². The van der Waals surface area contributed by atoms with Crippen molar-refractivity contribution in [3.63, 3.8) is 0 Å². The Labute approximate surface area is 177 Å². The Morgan fingerprint density at radius 3 is 2.17 bits per heavy atom. The quantitative estimate of drug-likeness (QED) is 0.591. The standard InChI is InChI=1S/C21H27N3O5S/c1-3-24(4-2)30(27,28)18-9-7-17(8-10-18)21(26)23-13-11-22(12-14-23)16-19(25)20-6-5-15-29-20/h5-10,15H,3-4,11-14,16H2,1-2H3. The van der Waals surface area contributed by atoms with Gasteiger partial charge in [-0.15, -0.1) is 0 Å². The Morgan fingerprint density at radius 1 is 1.00 bits per heavy atom. The highest BCUT2D eigenvalue weighted by molar-refractivity contribution is 7.89. The van der Waals surface area contributed by atoms with E-state index in [1.807, 2.05) is 4.90 Å². The maximum absolute atomic E-state index is 12.8. The number of ketones is 1. The smallest absolute Gasteiger partial charge is 0.253 e. The number of nitrogens with zero attached hydrogens (tertiary/aromatic N) is 3. The molecule has 1 fully saturated rings. The van der Waals surface area contributed by atoms with Crippen molar-refractivity contribution in [2.75, 3.05) is 45.8 Å². The zero-order chi connectivity index (χ0) is 21.7. The van der Waals surface area contributed by atoms with Crippen LogP contribution in [0.2, 0.25) is 0 Å². The van der Waals surface area contributed by atoms with Crippen LogP contribution in [0.25, 0.3) is 0 Å². The van der Waals surface area contributed by atoms with Crippen molar-refractivity contribution >= 4 is 21.7 Å². The van der Waals surface area contributed by atoms with Crippen molar-refractivity contribution < 1.29 is 22.4 Å². The van der Waals surface area contributed by atoms with E-state index in [-0.39, 0.29) is 23.1 Å². The summed E-state index contributed by atoms with van der Waals surface area (Å²) >= 11 is 0. The molecule has 0 spiro atoms. The first kappa shape index (κ1) is 22.2. The molecule has 30 heavy (non-hydrogen) atoms. The third kappa shape index (κ3) is 4.80. The summed E-state index contributed by atoms with van der Waals surface area (Å²) in [6.45, 7) is 6.82. The van der Waals surface area contributed by atoms with Gasteiger partial charge in [0.1, 0.15) is 0 Å². The van der Waals surface area contributed by atoms with E-state index in [2.05, 4.69) is 0 Å². The maximum atomic E-state index is 12.8. The first-order valence-electron chi connectivity index (χ1n) is 10.0. The van der Waals surface area contributed by atoms with Crippen molar-refractivity contribution in [3.8, 4) is 0 Å². The molecule has 0 atom stereocenters. The number of hydrogen-bond acceptors (Lipinski definition) is 6. The highest BCUT2D eigenvalue weighted by Crippen LogP contribution is 2.18. The van der Waals surface area contributed by atoms with Gasteiger partial charge in [0.05, 0.1) is 17.7 Å². The Kier molecular flexibility index (Phi) is 7.06. The minimum atomic E-state index is -3.54. The maximum Gasteiger partial charge on any atom is 0.253 e. The minimum Gasteiger partial charge on any atom is -0.461 e. The zero-order valence-electron chi connectivity index (χ0n) is 17.3. The van der Waals surface area contributed by atoms with E-state index in [0.29, 0.717) is 50.6 Å². The number of benzene rings is 1. The molecule has 162 valence electrons. The summed E-state index contributed by atoms with van der Waals surface area (Å²) in [6, 6.07) is 9.42. The van der Waals surface area contributed by atoms with Gasteiger partial charge in [0, 0.05) is 44.8 Å². The molecular formula is C21H27N3O5S. The van der Waals surface area contributed by atoms with E-state index in [0.717, 1.165) is 0 Å². The Hall–Kier alpha value is -2.49. The van der Waals surface area contributed by atoms with Crippen LogP contribution in [-0.4, -0.2) is 80.0 Å². The van der Waals surface area contributed by atoms with Crippen molar-refractivity contribution in [2.24, 2.45) is 0 Å². The molecule has 0 radical (unpaired) electrons. The average molecular weight is 434 g/mol. The average Bonchev–Trinajstić information content (AvgIpc) is 3.30. The largest absolute Gasteiger partial charge is 0.461 e. The van der Waals surface area contributed by atoms with Gasteiger partial charge in [-0.3, -0.25) is 14.5 Å². The molecular weight excluding hydrogens is 406 g/mol. The Balaban J connectivity index is 1.58. The third-order valence-electron chi connectivity index (χ3n) is 5.27. The predicted octanol–water partition coefficient (Wildman–Crippen LogP) is 1.95. The molecule has 1 aromatic heterocycles. The lowest BCUT2D eigenvalue weighted by Gasteiger charge is -2.34. The van der Waals surface area contributed by atoms with Crippen LogP contribution in [0.3, 0.4) is 0 Å². The number of carbonyl (C=O) groups excluding carboxylic acids is 2. The van der Waals surface area contributed by atoms with Gasteiger partial charge >= 0.3 is 0 Å². The van der Waals surface area contributed by atoms with E-state index in [9.17, 15) is 18.0 Å². The van der Waals surface area contributed by atoms with Crippen molar-refractivity contribution in [1.29, 1.82) is 0 Å². The van der Waals surface area contributed by atoms with Gasteiger partial charge in [-0.1, -0.05) is 13.8 Å². The van der Waals surface area contributed by atoms with Crippen LogP contribution in [0.4, 0.5) is 0 Å². The number of hydrogen-bond donors (Lipinski definition) is 0. The summed E-state index contributed by atoms with van der Waals surface area (Å²) < 4.78 is 31.7. The highest BCUT2D eigenvalue weighted by atomic mass is 32.2. The molecule has 1 amide bonds. The molecule has 2 aromatic rings. The summed E-state index contributed by atoms with van der Waals surface area (Å²) in [5, 5.41) is 0. The first-order chi connectivity index (χ1) is 14.4. The molecule has 2 heterocycles. The number of amides is 1. The van der Waals surface area contributed by atoms with E-state index >= 15 is 0 Å². The predicted molar refractivity (Wildman–Crippen MR) is 112 cm³/mol. The third-order valence-corrected chi connectivity index (χ3v) is 7.33. The van der Waals surface area contributed by atoms with Gasteiger partial charge in [0.25, 0.3) is 5.91 Å². The molecule has 9 heteroatoms. The highest BCUT2D eigenvalue weighted by Gasteiger charge is 2.25. The zero-order valence-corrected chi connectivity index (χ0v) is 18.1. The lowest BCUT2D eigenvalue weighted by Crippen LogP contribution is -2.49. The molecule has 1 aliphatic rings. The number of carbonyl (C=O) groups is 2. The monoisotopic (exact) mass is 433 g/mol. The van der Waals surface area contributed by atoms with Crippen LogP contribution in [0.15, 0.2) is 52.0 Å². The summed E-state index contributed by atoms with van der Waals surface area (Å²) in [5.41, 5.74) is 0.452. The fourth-order valence-corrected chi connectivity index (χ4v) is 4.95. The second-order valence-electron chi connectivity index (χ2n) is 7.08. The normalized spacial score (nSPS) is 15.5. The summed E-state index contributed by atoms with van der Waals surface area (Å²) in [4.78, 5) is 28.8. The van der Waals surface area contributed by atoms with E-state index in [4.69, 9.17) is 4.42 Å². The lowest BCUT2D eigenvalue weighted by atomic mass is 10.1. The fraction of sp³-hybridized carbons (Fsp3) is 0.429. The van der Waals surface area contributed by atoms with Crippen molar-refractivity contribution in [3.05, 3.63) is 54.0 Å². The van der Waals surface area contributed by atoms with Crippen LogP contribution < -0.4 is 0 Å². The van der Waals surface area contributed by atoms with Gasteiger partial charge in [0.15, 0.2) is 5.76 Å². The number of furan rings is 1. The van der Waals surface area contributed by atoms with Crippen molar-refractivity contribution in [1.82, 2.24) is 14.1 Å².